The van der Waals surface area contributed by atoms with Crippen molar-refractivity contribution in [3.63, 3.8) is 0 Å². The number of aliphatic hydroxyl groups is 1. The summed E-state index contributed by atoms with van der Waals surface area (Å²) in [5.74, 6) is 1.06. The first-order valence-electron chi connectivity index (χ1n) is 9.73. The maximum Gasteiger partial charge on any atom is 0.411 e. The number of hydrogen-bond acceptors (Lipinski definition) is 3. The molecular weight excluding hydrogens is 498 g/mol. The van der Waals surface area contributed by atoms with Crippen LogP contribution >= 0.6 is 24.0 Å². The molecule has 0 amide bonds. The molecule has 0 aliphatic carbocycles. The van der Waals surface area contributed by atoms with Crippen molar-refractivity contribution < 1.29 is 23.0 Å². The van der Waals surface area contributed by atoms with Gasteiger partial charge in [0.1, 0.15) is 6.61 Å². The molecule has 0 aliphatic rings. The molecule has 1 aromatic carbocycles. The van der Waals surface area contributed by atoms with Crippen molar-refractivity contribution in [2.24, 2.45) is 10.9 Å². The van der Waals surface area contributed by atoms with Gasteiger partial charge in [-0.05, 0) is 36.8 Å². The fourth-order valence-corrected chi connectivity index (χ4v) is 2.79. The Bertz CT molecular complexity index is 580. The number of alkyl halides is 3. The Hall–Kier alpha value is -1.07. The van der Waals surface area contributed by atoms with Crippen molar-refractivity contribution in [2.75, 3.05) is 26.3 Å². The molecular formula is C20H33F3IN3O2. The van der Waals surface area contributed by atoms with Gasteiger partial charge < -0.3 is 20.5 Å². The summed E-state index contributed by atoms with van der Waals surface area (Å²) in [5, 5.41) is 15.7. The third-order valence-corrected chi connectivity index (χ3v) is 4.08. The molecule has 1 aromatic rings. The molecule has 9 heteroatoms. The molecule has 0 heterocycles. The van der Waals surface area contributed by atoms with Crippen LogP contribution in [0.3, 0.4) is 0 Å². The lowest BCUT2D eigenvalue weighted by Crippen LogP contribution is -2.40. The van der Waals surface area contributed by atoms with Crippen LogP contribution in [0.25, 0.3) is 0 Å². The SMILES string of the molecule is CCCC(CCO)CNC(=NCc1cccc(COCC(F)(F)F)c1)NCC.I. The minimum atomic E-state index is -4.32. The number of benzene rings is 1. The average Bonchev–Trinajstić information content (AvgIpc) is 2.63. The van der Waals surface area contributed by atoms with Crippen LogP contribution in [-0.2, 0) is 17.9 Å². The van der Waals surface area contributed by atoms with Crippen LogP contribution in [0.15, 0.2) is 29.3 Å². The van der Waals surface area contributed by atoms with Gasteiger partial charge in [0.05, 0.1) is 13.2 Å². The molecule has 0 aliphatic heterocycles. The molecule has 0 radical (unpaired) electrons. The van der Waals surface area contributed by atoms with Crippen molar-refractivity contribution in [3.8, 4) is 0 Å². The second kappa shape index (κ2) is 15.7. The Morgan fingerprint density at radius 2 is 1.90 bits per heavy atom. The highest BCUT2D eigenvalue weighted by atomic mass is 127. The molecule has 0 saturated carbocycles. The van der Waals surface area contributed by atoms with Crippen molar-refractivity contribution in [3.05, 3.63) is 35.4 Å². The monoisotopic (exact) mass is 531 g/mol. The Morgan fingerprint density at radius 3 is 2.52 bits per heavy atom. The third-order valence-electron chi connectivity index (χ3n) is 4.08. The summed E-state index contributed by atoms with van der Waals surface area (Å²) < 4.78 is 41.2. The molecule has 0 saturated heterocycles. The molecule has 0 spiro atoms. The van der Waals surface area contributed by atoms with Crippen LogP contribution in [0, 0.1) is 5.92 Å². The fraction of sp³-hybridized carbons (Fsp3) is 0.650. The van der Waals surface area contributed by atoms with Gasteiger partial charge in [-0.25, -0.2) is 4.99 Å². The minimum absolute atomic E-state index is 0. The van der Waals surface area contributed by atoms with E-state index in [4.69, 9.17) is 9.84 Å². The molecule has 0 fully saturated rings. The third kappa shape index (κ3) is 13.7. The number of ether oxygens (including phenoxy) is 1. The van der Waals surface area contributed by atoms with Gasteiger partial charge >= 0.3 is 6.18 Å². The largest absolute Gasteiger partial charge is 0.411 e. The van der Waals surface area contributed by atoms with Crippen LogP contribution in [-0.4, -0.2) is 43.5 Å². The minimum Gasteiger partial charge on any atom is -0.396 e. The quantitative estimate of drug-likeness (QED) is 0.215. The maximum atomic E-state index is 12.2. The zero-order valence-electron chi connectivity index (χ0n) is 17.1. The number of rotatable bonds is 12. The zero-order chi connectivity index (χ0) is 20.8. The normalized spacial score (nSPS) is 13.0. The number of aliphatic hydroxyl groups excluding tert-OH is 1. The van der Waals surface area contributed by atoms with Crippen molar-refractivity contribution in [1.29, 1.82) is 0 Å². The number of halogens is 4. The van der Waals surface area contributed by atoms with Gasteiger partial charge in [0.25, 0.3) is 0 Å². The van der Waals surface area contributed by atoms with Gasteiger partial charge in [-0.1, -0.05) is 37.6 Å². The number of guanidine groups is 1. The van der Waals surface area contributed by atoms with Crippen LogP contribution in [0.5, 0.6) is 0 Å². The van der Waals surface area contributed by atoms with E-state index >= 15 is 0 Å². The van der Waals surface area contributed by atoms with E-state index in [0.717, 1.165) is 37.9 Å². The van der Waals surface area contributed by atoms with Crippen molar-refractivity contribution in [2.45, 2.75) is 52.4 Å². The summed E-state index contributed by atoms with van der Waals surface area (Å²) in [4.78, 5) is 4.55. The smallest absolute Gasteiger partial charge is 0.396 e. The summed E-state index contributed by atoms with van der Waals surface area (Å²) >= 11 is 0. The number of hydrogen-bond donors (Lipinski definition) is 3. The Morgan fingerprint density at radius 1 is 1.17 bits per heavy atom. The van der Waals surface area contributed by atoms with E-state index in [1.165, 1.54) is 0 Å². The predicted molar refractivity (Wildman–Crippen MR) is 120 cm³/mol. The molecule has 1 unspecified atom stereocenters. The highest BCUT2D eigenvalue weighted by Crippen LogP contribution is 2.16. The highest BCUT2D eigenvalue weighted by Gasteiger charge is 2.27. The van der Waals surface area contributed by atoms with E-state index < -0.39 is 12.8 Å². The molecule has 5 nitrogen and oxygen atoms in total. The Kier molecular flexibility index (Phi) is 15.1. The van der Waals surface area contributed by atoms with E-state index in [0.29, 0.717) is 24.0 Å². The summed E-state index contributed by atoms with van der Waals surface area (Å²) in [6.07, 6.45) is -1.48. The van der Waals surface area contributed by atoms with Gasteiger partial charge in [-0.2, -0.15) is 13.2 Å². The molecule has 3 N–H and O–H groups in total. The van der Waals surface area contributed by atoms with E-state index in [1.54, 1.807) is 18.2 Å². The van der Waals surface area contributed by atoms with Gasteiger partial charge in [-0.15, -0.1) is 24.0 Å². The standard InChI is InChI=1S/C20H32F3N3O2.HI/c1-3-6-16(9-10-27)12-25-19(24-4-2)26-13-17-7-5-8-18(11-17)14-28-15-20(21,22)23;/h5,7-8,11,16,27H,3-4,6,9-10,12-15H2,1-2H3,(H2,24,25,26);1H. The number of nitrogens with one attached hydrogen (secondary N) is 2. The van der Waals surface area contributed by atoms with Gasteiger partial charge in [0.15, 0.2) is 5.96 Å². The van der Waals surface area contributed by atoms with Crippen LogP contribution in [0.2, 0.25) is 0 Å². The Balaban J connectivity index is 0.00000784. The highest BCUT2D eigenvalue weighted by molar-refractivity contribution is 14.0. The molecule has 0 aromatic heterocycles. The van der Waals surface area contributed by atoms with Crippen molar-refractivity contribution >= 4 is 29.9 Å². The molecule has 29 heavy (non-hydrogen) atoms. The second-order valence-electron chi connectivity index (χ2n) is 6.67. The second-order valence-corrected chi connectivity index (χ2v) is 6.67. The van der Waals surface area contributed by atoms with E-state index in [-0.39, 0.29) is 37.2 Å². The van der Waals surface area contributed by atoms with Crippen LogP contribution < -0.4 is 10.6 Å². The summed E-state index contributed by atoms with van der Waals surface area (Å²) in [5.41, 5.74) is 1.58. The topological polar surface area (TPSA) is 65.9 Å². The maximum absolute atomic E-state index is 12.2. The van der Waals surface area contributed by atoms with Gasteiger partial charge in [0.2, 0.25) is 0 Å². The summed E-state index contributed by atoms with van der Waals surface area (Å²) in [6.45, 7) is 4.78. The average molecular weight is 531 g/mol. The molecule has 1 atom stereocenters. The van der Waals surface area contributed by atoms with Gasteiger partial charge in [-0.3, -0.25) is 0 Å². The summed E-state index contributed by atoms with van der Waals surface area (Å²) in [7, 11) is 0. The number of aliphatic imine (C=N–C) groups is 1. The predicted octanol–water partition coefficient (Wildman–Crippen LogP) is 4.24. The lowest BCUT2D eigenvalue weighted by atomic mass is 10.0. The number of nitrogens with zero attached hydrogens (tertiary/aromatic N) is 1. The van der Waals surface area contributed by atoms with Crippen LogP contribution in [0.1, 0.15) is 44.2 Å². The van der Waals surface area contributed by atoms with E-state index in [2.05, 4.69) is 22.5 Å². The lowest BCUT2D eigenvalue weighted by molar-refractivity contribution is -0.176. The zero-order valence-corrected chi connectivity index (χ0v) is 19.4. The lowest BCUT2D eigenvalue weighted by Gasteiger charge is -2.18. The molecule has 168 valence electrons. The summed E-state index contributed by atoms with van der Waals surface area (Å²) in [6, 6.07) is 7.20. The van der Waals surface area contributed by atoms with Crippen molar-refractivity contribution in [1.82, 2.24) is 10.6 Å². The Labute approximate surface area is 188 Å². The van der Waals surface area contributed by atoms with E-state index in [1.807, 2.05) is 13.0 Å². The molecule has 0 bridgehead atoms. The van der Waals surface area contributed by atoms with Gasteiger partial charge in [0, 0.05) is 19.7 Å². The van der Waals surface area contributed by atoms with E-state index in [9.17, 15) is 13.2 Å². The first kappa shape index (κ1) is 27.9. The fourth-order valence-electron chi connectivity index (χ4n) is 2.79. The first-order valence-corrected chi connectivity index (χ1v) is 9.73. The van der Waals surface area contributed by atoms with Crippen LogP contribution in [0.4, 0.5) is 13.2 Å². The molecule has 1 rings (SSSR count). The first-order chi connectivity index (χ1) is 13.4.